The van der Waals surface area contributed by atoms with E-state index in [0.29, 0.717) is 43.1 Å². The molecular formula is C22H31N3O3S2. The van der Waals surface area contributed by atoms with E-state index in [1.807, 2.05) is 27.7 Å². The molecule has 1 aliphatic rings. The van der Waals surface area contributed by atoms with Crippen LogP contribution in [0.25, 0.3) is 0 Å². The first-order valence-electron chi connectivity index (χ1n) is 10.4. The highest BCUT2D eigenvalue weighted by Gasteiger charge is 2.30. The summed E-state index contributed by atoms with van der Waals surface area (Å²) >= 11 is 1.64. The lowest BCUT2D eigenvalue weighted by Crippen LogP contribution is -2.38. The maximum Gasteiger partial charge on any atom is 0.251 e. The highest BCUT2D eigenvalue weighted by molar-refractivity contribution is 7.89. The SMILES string of the molecule is Cc1nc(C)c(CCNC(=O)c2cc(C)c(C)c(S(=O)(=O)N3CCC(C)CC3)c2)s1. The molecule has 8 heteroatoms. The number of benzene rings is 1. The van der Waals surface area contributed by atoms with E-state index in [4.69, 9.17) is 0 Å². The van der Waals surface area contributed by atoms with Crippen molar-refractivity contribution in [2.24, 2.45) is 5.92 Å². The standard InChI is InChI=1S/C22H31N3O3S2/c1-14-7-10-25(11-8-14)30(27,28)21-13-19(12-15(2)16(21)3)22(26)23-9-6-20-17(4)24-18(5)29-20/h12-14H,6-11H2,1-5H3,(H,23,26). The average molecular weight is 450 g/mol. The Bertz CT molecular complexity index is 1040. The third-order valence-corrected chi connectivity index (χ3v) is 9.04. The van der Waals surface area contributed by atoms with Gasteiger partial charge in [0.2, 0.25) is 10.0 Å². The van der Waals surface area contributed by atoms with Crippen LogP contribution in [0, 0.1) is 33.6 Å². The van der Waals surface area contributed by atoms with Crippen molar-refractivity contribution >= 4 is 27.3 Å². The van der Waals surface area contributed by atoms with Crippen molar-refractivity contribution in [1.82, 2.24) is 14.6 Å². The van der Waals surface area contributed by atoms with Gasteiger partial charge >= 0.3 is 0 Å². The third-order valence-electron chi connectivity index (χ3n) is 5.88. The summed E-state index contributed by atoms with van der Waals surface area (Å²) in [5.41, 5.74) is 2.91. The summed E-state index contributed by atoms with van der Waals surface area (Å²) in [7, 11) is -3.61. The Hall–Kier alpha value is -1.77. The lowest BCUT2D eigenvalue weighted by Gasteiger charge is -2.30. The normalized spacial score (nSPS) is 16.0. The van der Waals surface area contributed by atoms with Gasteiger partial charge in [-0.3, -0.25) is 4.79 Å². The molecule has 0 aliphatic carbocycles. The molecule has 1 amide bonds. The Morgan fingerprint density at radius 1 is 1.20 bits per heavy atom. The van der Waals surface area contributed by atoms with Crippen molar-refractivity contribution in [3.05, 3.63) is 44.4 Å². The number of aromatic nitrogens is 1. The van der Waals surface area contributed by atoms with Gasteiger partial charge in [-0.05, 0) is 69.7 Å². The number of hydrogen-bond donors (Lipinski definition) is 1. The van der Waals surface area contributed by atoms with Crippen molar-refractivity contribution in [3.63, 3.8) is 0 Å². The van der Waals surface area contributed by atoms with Gasteiger partial charge in [0.15, 0.2) is 0 Å². The lowest BCUT2D eigenvalue weighted by molar-refractivity contribution is 0.0954. The Balaban J connectivity index is 1.77. The molecule has 0 spiro atoms. The van der Waals surface area contributed by atoms with Gasteiger partial charge in [-0.1, -0.05) is 6.92 Å². The number of nitrogens with one attached hydrogen (secondary N) is 1. The zero-order chi connectivity index (χ0) is 22.1. The zero-order valence-corrected chi connectivity index (χ0v) is 20.0. The average Bonchev–Trinajstić information content (AvgIpc) is 3.01. The van der Waals surface area contributed by atoms with Crippen molar-refractivity contribution in [1.29, 1.82) is 0 Å². The van der Waals surface area contributed by atoms with Gasteiger partial charge in [0.05, 0.1) is 15.6 Å². The number of piperidine rings is 1. The first-order chi connectivity index (χ1) is 14.1. The lowest BCUT2D eigenvalue weighted by atomic mass is 10.0. The van der Waals surface area contributed by atoms with E-state index in [1.165, 1.54) is 6.07 Å². The summed E-state index contributed by atoms with van der Waals surface area (Å²) < 4.78 is 28.1. The highest BCUT2D eigenvalue weighted by Crippen LogP contribution is 2.28. The molecule has 1 aromatic carbocycles. The number of rotatable bonds is 6. The molecule has 164 valence electrons. The smallest absolute Gasteiger partial charge is 0.251 e. The van der Waals surface area contributed by atoms with E-state index in [-0.39, 0.29) is 10.8 Å². The number of hydrogen-bond acceptors (Lipinski definition) is 5. The molecule has 0 atom stereocenters. The van der Waals surface area contributed by atoms with Crippen LogP contribution in [-0.4, -0.2) is 43.2 Å². The summed E-state index contributed by atoms with van der Waals surface area (Å²) in [6.45, 7) is 11.3. The van der Waals surface area contributed by atoms with Crippen LogP contribution < -0.4 is 5.32 Å². The molecule has 0 saturated carbocycles. The zero-order valence-electron chi connectivity index (χ0n) is 18.4. The Morgan fingerprint density at radius 2 is 1.87 bits per heavy atom. The van der Waals surface area contributed by atoms with Gasteiger partial charge in [-0.2, -0.15) is 4.31 Å². The predicted octanol–water partition coefficient (Wildman–Crippen LogP) is 3.77. The van der Waals surface area contributed by atoms with E-state index in [0.717, 1.165) is 34.0 Å². The molecule has 30 heavy (non-hydrogen) atoms. The van der Waals surface area contributed by atoms with E-state index in [9.17, 15) is 13.2 Å². The van der Waals surface area contributed by atoms with E-state index in [1.54, 1.807) is 21.7 Å². The number of carbonyl (C=O) groups is 1. The second-order valence-electron chi connectivity index (χ2n) is 8.25. The van der Waals surface area contributed by atoms with Crippen molar-refractivity contribution in [3.8, 4) is 0 Å². The van der Waals surface area contributed by atoms with Crippen LogP contribution in [0.5, 0.6) is 0 Å². The van der Waals surface area contributed by atoms with Crippen LogP contribution in [0.2, 0.25) is 0 Å². The minimum atomic E-state index is -3.61. The predicted molar refractivity (Wildman–Crippen MR) is 121 cm³/mol. The Kier molecular flexibility index (Phi) is 6.99. The van der Waals surface area contributed by atoms with Gasteiger partial charge < -0.3 is 5.32 Å². The molecule has 1 fully saturated rings. The molecule has 0 unspecified atom stereocenters. The summed E-state index contributed by atoms with van der Waals surface area (Å²) in [6.07, 6.45) is 2.45. The van der Waals surface area contributed by atoms with E-state index < -0.39 is 10.0 Å². The summed E-state index contributed by atoms with van der Waals surface area (Å²) in [5, 5.41) is 3.94. The van der Waals surface area contributed by atoms with Crippen molar-refractivity contribution in [2.45, 2.75) is 58.8 Å². The molecular weight excluding hydrogens is 418 g/mol. The largest absolute Gasteiger partial charge is 0.352 e. The Labute approximate surface area is 183 Å². The molecule has 2 heterocycles. The molecule has 1 saturated heterocycles. The van der Waals surface area contributed by atoms with Crippen LogP contribution in [0.15, 0.2) is 17.0 Å². The number of sulfonamides is 1. The number of amides is 1. The molecule has 1 aromatic heterocycles. The van der Waals surface area contributed by atoms with Gasteiger partial charge in [-0.25, -0.2) is 13.4 Å². The van der Waals surface area contributed by atoms with Crippen LogP contribution >= 0.6 is 11.3 Å². The fourth-order valence-electron chi connectivity index (χ4n) is 3.79. The van der Waals surface area contributed by atoms with Gasteiger partial charge in [0, 0.05) is 36.5 Å². The number of carbonyl (C=O) groups excluding carboxylic acids is 1. The molecule has 0 bridgehead atoms. The fraction of sp³-hybridized carbons (Fsp3) is 0.545. The number of aryl methyl sites for hydroxylation is 3. The Morgan fingerprint density at radius 3 is 2.47 bits per heavy atom. The van der Waals surface area contributed by atoms with Gasteiger partial charge in [0.1, 0.15) is 0 Å². The minimum Gasteiger partial charge on any atom is -0.352 e. The first kappa shape index (κ1) is 22.9. The molecule has 3 rings (SSSR count). The van der Waals surface area contributed by atoms with Crippen LogP contribution in [-0.2, 0) is 16.4 Å². The van der Waals surface area contributed by atoms with E-state index >= 15 is 0 Å². The summed E-state index contributed by atoms with van der Waals surface area (Å²) in [4.78, 5) is 18.6. The van der Waals surface area contributed by atoms with Crippen molar-refractivity contribution < 1.29 is 13.2 Å². The summed E-state index contributed by atoms with van der Waals surface area (Å²) in [6, 6.07) is 3.30. The highest BCUT2D eigenvalue weighted by atomic mass is 32.2. The fourth-order valence-corrected chi connectivity index (χ4v) is 6.52. The third kappa shape index (κ3) is 4.92. The molecule has 6 nitrogen and oxygen atoms in total. The van der Waals surface area contributed by atoms with Crippen molar-refractivity contribution in [2.75, 3.05) is 19.6 Å². The monoisotopic (exact) mass is 449 g/mol. The van der Waals surface area contributed by atoms with Crippen LogP contribution in [0.3, 0.4) is 0 Å². The first-order valence-corrected chi connectivity index (χ1v) is 12.7. The minimum absolute atomic E-state index is 0.246. The second kappa shape index (κ2) is 9.16. The molecule has 1 N–H and O–H groups in total. The molecule has 2 aromatic rings. The maximum atomic E-state index is 13.3. The van der Waals surface area contributed by atoms with Crippen LogP contribution in [0.4, 0.5) is 0 Å². The second-order valence-corrected chi connectivity index (χ2v) is 11.4. The molecule has 0 radical (unpaired) electrons. The number of nitrogens with zero attached hydrogens (tertiary/aromatic N) is 2. The summed E-state index contributed by atoms with van der Waals surface area (Å²) in [5.74, 6) is 0.295. The molecule has 1 aliphatic heterocycles. The topological polar surface area (TPSA) is 79.4 Å². The number of thiazole rings is 1. The van der Waals surface area contributed by atoms with Gasteiger partial charge in [0.25, 0.3) is 5.91 Å². The quantitative estimate of drug-likeness (QED) is 0.728. The van der Waals surface area contributed by atoms with Crippen LogP contribution in [0.1, 0.15) is 56.8 Å². The van der Waals surface area contributed by atoms with E-state index in [2.05, 4.69) is 17.2 Å². The maximum absolute atomic E-state index is 13.3. The van der Waals surface area contributed by atoms with Gasteiger partial charge in [-0.15, -0.1) is 11.3 Å².